The van der Waals surface area contributed by atoms with E-state index in [0.717, 1.165) is 12.0 Å². The van der Waals surface area contributed by atoms with Crippen molar-refractivity contribution in [3.63, 3.8) is 0 Å². The summed E-state index contributed by atoms with van der Waals surface area (Å²) in [6.45, 7) is 3.11. The van der Waals surface area contributed by atoms with E-state index in [-0.39, 0.29) is 12.1 Å². The van der Waals surface area contributed by atoms with E-state index in [1.54, 1.807) is 23.1 Å². The molecule has 0 radical (unpaired) electrons. The molecule has 0 spiro atoms. The molecule has 1 amide bonds. The summed E-state index contributed by atoms with van der Waals surface area (Å²) in [7, 11) is 0. The van der Waals surface area contributed by atoms with E-state index in [2.05, 4.69) is 0 Å². The summed E-state index contributed by atoms with van der Waals surface area (Å²) in [5, 5.41) is 0.605. The molecule has 2 rings (SSSR count). The summed E-state index contributed by atoms with van der Waals surface area (Å²) in [5.74, 6) is -0.321. The maximum Gasteiger partial charge on any atom is 0.338 e. The molecule has 0 bridgehead atoms. The minimum absolute atomic E-state index is 0.112. The van der Waals surface area contributed by atoms with Crippen molar-refractivity contribution in [2.24, 2.45) is 0 Å². The summed E-state index contributed by atoms with van der Waals surface area (Å²) in [6, 6.07) is 5.10. The van der Waals surface area contributed by atoms with Gasteiger partial charge in [0.1, 0.15) is 6.10 Å². The lowest BCUT2D eigenvalue weighted by atomic mass is 10.1. The maximum absolute atomic E-state index is 12.0. The highest BCUT2D eigenvalue weighted by Gasteiger charge is 2.22. The minimum Gasteiger partial charge on any atom is -0.459 e. The first-order valence-corrected chi connectivity index (χ1v) is 6.64. The van der Waals surface area contributed by atoms with Crippen LogP contribution in [0.4, 0.5) is 0 Å². The lowest BCUT2D eigenvalue weighted by molar-refractivity contribution is -0.120. The maximum atomic E-state index is 12.0. The Labute approximate surface area is 117 Å². The quantitative estimate of drug-likeness (QED) is 0.631. The van der Waals surface area contributed by atoms with Crippen molar-refractivity contribution in [3.05, 3.63) is 34.3 Å². The molecule has 0 aliphatic carbocycles. The molecule has 19 heavy (non-hydrogen) atoms. The van der Waals surface area contributed by atoms with Crippen LogP contribution in [0.25, 0.3) is 0 Å². The number of aryl methyl sites for hydroxylation is 1. The highest BCUT2D eigenvalue weighted by molar-refractivity contribution is 6.30. The average Bonchev–Trinajstić information content (AvgIpc) is 2.39. The predicted octanol–water partition coefficient (Wildman–Crippen LogP) is 2.43. The highest BCUT2D eigenvalue weighted by Crippen LogP contribution is 2.19. The van der Waals surface area contributed by atoms with Gasteiger partial charge in [0.05, 0.1) is 5.56 Å². The zero-order valence-electron chi connectivity index (χ0n) is 10.8. The van der Waals surface area contributed by atoms with Gasteiger partial charge in [-0.25, -0.2) is 4.79 Å². The molecule has 0 saturated carbocycles. The predicted molar refractivity (Wildman–Crippen MR) is 72.3 cm³/mol. The third-order valence-corrected chi connectivity index (χ3v) is 3.54. The molecule has 4 nitrogen and oxygen atoms in total. The molecule has 102 valence electrons. The summed E-state index contributed by atoms with van der Waals surface area (Å²) < 4.78 is 5.47. The Hall–Kier alpha value is -1.55. The molecule has 1 heterocycles. The number of hydrogen-bond acceptors (Lipinski definition) is 3. The SMILES string of the molecule is Cc1cc(Cl)ccc1C(=O)OC1CCN(C=O)CC1. The molecular weight excluding hydrogens is 266 g/mol. The van der Waals surface area contributed by atoms with Gasteiger partial charge in [0.15, 0.2) is 0 Å². The zero-order chi connectivity index (χ0) is 13.8. The molecule has 1 fully saturated rings. The number of rotatable bonds is 3. The number of likely N-dealkylation sites (tertiary alicyclic amines) is 1. The number of esters is 1. The molecular formula is C14H16ClNO3. The second-order valence-corrected chi connectivity index (χ2v) is 5.14. The summed E-state index contributed by atoms with van der Waals surface area (Å²) in [6.07, 6.45) is 2.11. The Morgan fingerprint density at radius 2 is 2.11 bits per heavy atom. The van der Waals surface area contributed by atoms with Gasteiger partial charge in [-0.3, -0.25) is 4.79 Å². The Kier molecular flexibility index (Phi) is 4.43. The monoisotopic (exact) mass is 281 g/mol. The number of halogens is 1. The molecule has 1 saturated heterocycles. The average molecular weight is 282 g/mol. The van der Waals surface area contributed by atoms with E-state index >= 15 is 0 Å². The van der Waals surface area contributed by atoms with E-state index in [1.807, 2.05) is 6.92 Å². The molecule has 0 N–H and O–H groups in total. The molecule has 1 aliphatic rings. The van der Waals surface area contributed by atoms with Crippen LogP contribution in [-0.2, 0) is 9.53 Å². The van der Waals surface area contributed by atoms with Crippen LogP contribution in [0.1, 0.15) is 28.8 Å². The molecule has 1 aromatic carbocycles. The first-order chi connectivity index (χ1) is 9.10. The standard InChI is InChI=1S/C14H16ClNO3/c1-10-8-11(15)2-3-13(10)14(18)19-12-4-6-16(9-17)7-5-12/h2-3,8-9,12H,4-7H2,1H3. The zero-order valence-corrected chi connectivity index (χ0v) is 11.5. The highest BCUT2D eigenvalue weighted by atomic mass is 35.5. The van der Waals surface area contributed by atoms with Gasteiger partial charge in [0.2, 0.25) is 6.41 Å². The van der Waals surface area contributed by atoms with E-state index in [4.69, 9.17) is 16.3 Å². The smallest absolute Gasteiger partial charge is 0.338 e. The molecule has 0 atom stereocenters. The third-order valence-electron chi connectivity index (χ3n) is 3.31. The number of piperidine rings is 1. The van der Waals surface area contributed by atoms with Gasteiger partial charge in [0.25, 0.3) is 0 Å². The Balaban J connectivity index is 1.96. The molecule has 5 heteroatoms. The first kappa shape index (κ1) is 13.9. The van der Waals surface area contributed by atoms with Crippen LogP contribution in [0.3, 0.4) is 0 Å². The molecule has 0 aromatic heterocycles. The Morgan fingerprint density at radius 1 is 1.42 bits per heavy atom. The fourth-order valence-corrected chi connectivity index (χ4v) is 2.40. The molecule has 0 unspecified atom stereocenters. The van der Waals surface area contributed by atoms with Crippen LogP contribution in [-0.4, -0.2) is 36.5 Å². The van der Waals surface area contributed by atoms with Crippen LogP contribution < -0.4 is 0 Å². The fraction of sp³-hybridized carbons (Fsp3) is 0.429. The summed E-state index contributed by atoms with van der Waals surface area (Å²) >= 11 is 5.85. The largest absolute Gasteiger partial charge is 0.459 e. The van der Waals surface area contributed by atoms with Crippen LogP contribution >= 0.6 is 11.6 Å². The van der Waals surface area contributed by atoms with Crippen molar-refractivity contribution in [3.8, 4) is 0 Å². The van der Waals surface area contributed by atoms with E-state index < -0.39 is 0 Å². The van der Waals surface area contributed by atoms with Gasteiger partial charge in [-0.05, 0) is 30.7 Å². The first-order valence-electron chi connectivity index (χ1n) is 6.26. The summed E-state index contributed by atoms with van der Waals surface area (Å²) in [5.41, 5.74) is 1.35. The Morgan fingerprint density at radius 3 is 2.68 bits per heavy atom. The number of hydrogen-bond donors (Lipinski definition) is 0. The number of nitrogens with zero attached hydrogens (tertiary/aromatic N) is 1. The van der Waals surface area contributed by atoms with Crippen molar-refractivity contribution in [1.29, 1.82) is 0 Å². The second-order valence-electron chi connectivity index (χ2n) is 4.71. The molecule has 1 aliphatic heterocycles. The van der Waals surface area contributed by atoms with Gasteiger partial charge >= 0.3 is 5.97 Å². The van der Waals surface area contributed by atoms with Crippen molar-refractivity contribution < 1.29 is 14.3 Å². The Bertz CT molecular complexity index is 482. The lowest BCUT2D eigenvalue weighted by Crippen LogP contribution is -2.37. The minimum atomic E-state index is -0.321. The van der Waals surface area contributed by atoms with E-state index in [1.165, 1.54) is 0 Å². The van der Waals surface area contributed by atoms with Crippen molar-refractivity contribution >= 4 is 24.0 Å². The van der Waals surface area contributed by atoms with Crippen molar-refractivity contribution in [2.75, 3.05) is 13.1 Å². The normalized spacial score (nSPS) is 16.2. The van der Waals surface area contributed by atoms with Gasteiger partial charge in [-0.1, -0.05) is 11.6 Å². The second kappa shape index (κ2) is 6.06. The van der Waals surface area contributed by atoms with Crippen LogP contribution in [0.5, 0.6) is 0 Å². The van der Waals surface area contributed by atoms with Crippen LogP contribution in [0.15, 0.2) is 18.2 Å². The van der Waals surface area contributed by atoms with Gasteiger partial charge in [0, 0.05) is 31.0 Å². The lowest BCUT2D eigenvalue weighted by Gasteiger charge is -2.28. The van der Waals surface area contributed by atoms with E-state index in [9.17, 15) is 9.59 Å². The van der Waals surface area contributed by atoms with Gasteiger partial charge in [-0.15, -0.1) is 0 Å². The van der Waals surface area contributed by atoms with Gasteiger partial charge in [-0.2, -0.15) is 0 Å². The van der Waals surface area contributed by atoms with Crippen molar-refractivity contribution in [1.82, 2.24) is 4.90 Å². The number of benzene rings is 1. The number of carbonyl (C=O) groups excluding carboxylic acids is 2. The van der Waals surface area contributed by atoms with Crippen LogP contribution in [0, 0.1) is 6.92 Å². The third kappa shape index (κ3) is 3.47. The summed E-state index contributed by atoms with van der Waals surface area (Å²) in [4.78, 5) is 24.3. The van der Waals surface area contributed by atoms with E-state index in [0.29, 0.717) is 36.5 Å². The topological polar surface area (TPSA) is 46.6 Å². The van der Waals surface area contributed by atoms with Crippen LogP contribution in [0.2, 0.25) is 5.02 Å². The number of carbonyl (C=O) groups is 2. The number of ether oxygens (including phenoxy) is 1. The molecule has 1 aromatic rings. The van der Waals surface area contributed by atoms with Crippen molar-refractivity contribution in [2.45, 2.75) is 25.9 Å². The fourth-order valence-electron chi connectivity index (χ4n) is 2.17. The van der Waals surface area contributed by atoms with Gasteiger partial charge < -0.3 is 9.64 Å². The number of amides is 1.